The number of hydrogen-bond donors (Lipinski definition) is 1. The minimum absolute atomic E-state index is 0.155. The second-order valence-corrected chi connectivity index (χ2v) is 5.97. The van der Waals surface area contributed by atoms with Crippen LogP contribution in [-0.2, 0) is 10.9 Å². The van der Waals surface area contributed by atoms with Crippen molar-refractivity contribution >= 4 is 18.0 Å². The number of benzene rings is 1. The molecule has 0 radical (unpaired) electrons. The number of hydrazone groups is 1. The molecule has 3 rings (SSSR count). The summed E-state index contributed by atoms with van der Waals surface area (Å²) in [6.07, 6.45) is -2.36. The van der Waals surface area contributed by atoms with E-state index in [4.69, 9.17) is 9.15 Å². The molecule has 2 heterocycles. The molecule has 1 N–H and O–H groups in total. The molecule has 0 saturated carbocycles. The van der Waals surface area contributed by atoms with Gasteiger partial charge in [0.1, 0.15) is 17.3 Å². The number of pyridine rings is 1. The molecule has 0 saturated heterocycles. The van der Waals surface area contributed by atoms with Crippen molar-refractivity contribution in [2.24, 2.45) is 5.10 Å². The van der Waals surface area contributed by atoms with Crippen LogP contribution in [-0.4, -0.2) is 24.3 Å². The molecule has 0 atom stereocenters. The number of nitrogens with zero attached hydrogens (tertiary/aromatic N) is 2. The smallest absolute Gasteiger partial charge is 0.417 e. The number of carbonyl (C=O) groups excluding carboxylic acids is 1. The normalized spacial score (nSPS) is 11.6. The predicted molar refractivity (Wildman–Crippen MR) is 101 cm³/mol. The number of carbonyl (C=O) groups is 1. The summed E-state index contributed by atoms with van der Waals surface area (Å²) in [5, 5.41) is 3.91. The fourth-order valence-corrected chi connectivity index (χ4v) is 2.59. The fraction of sp³-hybridized carbons (Fsp3) is 0.150. The first-order valence-corrected chi connectivity index (χ1v) is 8.40. The molecular weight excluding hydrogens is 387 g/mol. The molecular formula is C20H16F3N3O3. The van der Waals surface area contributed by atoms with E-state index in [1.807, 2.05) is 6.07 Å². The van der Waals surface area contributed by atoms with Crippen LogP contribution < -0.4 is 5.43 Å². The number of halogens is 3. The number of furan rings is 1. The van der Waals surface area contributed by atoms with Gasteiger partial charge in [-0.3, -0.25) is 5.43 Å². The zero-order valence-electron chi connectivity index (χ0n) is 15.4. The van der Waals surface area contributed by atoms with Crippen LogP contribution in [0.1, 0.15) is 27.2 Å². The summed E-state index contributed by atoms with van der Waals surface area (Å²) in [6, 6.07) is 10.7. The number of methoxy groups -OCH3 is 1. The number of aromatic nitrogens is 1. The topological polar surface area (TPSA) is 76.7 Å². The van der Waals surface area contributed by atoms with Crippen molar-refractivity contribution in [1.82, 2.24) is 4.98 Å². The molecule has 0 unspecified atom stereocenters. The quantitative estimate of drug-likeness (QED) is 0.372. The Bertz CT molecular complexity index is 1040. The van der Waals surface area contributed by atoms with Gasteiger partial charge in [0.15, 0.2) is 0 Å². The number of nitrogens with one attached hydrogen (secondary N) is 1. The molecule has 0 aliphatic carbocycles. The molecule has 3 aromatic rings. The maximum atomic E-state index is 12.5. The molecule has 0 aliphatic heterocycles. The van der Waals surface area contributed by atoms with Gasteiger partial charge >= 0.3 is 12.1 Å². The predicted octanol–water partition coefficient (Wildman–Crippen LogP) is 4.90. The van der Waals surface area contributed by atoms with Gasteiger partial charge in [0.25, 0.3) is 0 Å². The van der Waals surface area contributed by atoms with E-state index in [1.165, 1.54) is 19.4 Å². The zero-order chi connectivity index (χ0) is 21.0. The van der Waals surface area contributed by atoms with Gasteiger partial charge in [-0.25, -0.2) is 9.78 Å². The third kappa shape index (κ3) is 4.63. The van der Waals surface area contributed by atoms with Gasteiger partial charge in [-0.15, -0.1) is 0 Å². The van der Waals surface area contributed by atoms with E-state index < -0.39 is 17.7 Å². The molecule has 9 heteroatoms. The van der Waals surface area contributed by atoms with E-state index in [1.54, 1.807) is 31.2 Å². The summed E-state index contributed by atoms with van der Waals surface area (Å²) < 4.78 is 48.1. The maximum Gasteiger partial charge on any atom is 0.417 e. The van der Waals surface area contributed by atoms with Crippen molar-refractivity contribution in [2.45, 2.75) is 13.1 Å². The zero-order valence-corrected chi connectivity index (χ0v) is 15.4. The Morgan fingerprint density at radius 3 is 2.66 bits per heavy atom. The summed E-state index contributed by atoms with van der Waals surface area (Å²) in [7, 11) is 1.31. The first-order valence-electron chi connectivity index (χ1n) is 8.40. The van der Waals surface area contributed by atoms with E-state index in [2.05, 4.69) is 15.5 Å². The van der Waals surface area contributed by atoms with Crippen LogP contribution in [0, 0.1) is 6.92 Å². The van der Waals surface area contributed by atoms with Gasteiger partial charge in [0, 0.05) is 11.8 Å². The Balaban J connectivity index is 1.72. The summed E-state index contributed by atoms with van der Waals surface area (Å²) >= 11 is 0. The number of ether oxygens (including phenoxy) is 1. The van der Waals surface area contributed by atoms with Crippen molar-refractivity contribution < 1.29 is 27.1 Å². The summed E-state index contributed by atoms with van der Waals surface area (Å²) in [6.45, 7) is 1.79. The van der Waals surface area contributed by atoms with E-state index >= 15 is 0 Å². The minimum Gasteiger partial charge on any atom is -0.465 e. The van der Waals surface area contributed by atoms with E-state index in [0.29, 0.717) is 22.6 Å². The van der Waals surface area contributed by atoms with Crippen molar-refractivity contribution in [2.75, 3.05) is 12.5 Å². The van der Waals surface area contributed by atoms with Crippen LogP contribution in [0.4, 0.5) is 19.0 Å². The van der Waals surface area contributed by atoms with Gasteiger partial charge in [-0.05, 0) is 42.8 Å². The highest BCUT2D eigenvalue weighted by atomic mass is 19.4. The molecule has 0 bridgehead atoms. The van der Waals surface area contributed by atoms with Crippen LogP contribution in [0.3, 0.4) is 0 Å². The van der Waals surface area contributed by atoms with Crippen molar-refractivity contribution in [3.8, 4) is 11.3 Å². The van der Waals surface area contributed by atoms with Gasteiger partial charge in [0.2, 0.25) is 0 Å². The van der Waals surface area contributed by atoms with Crippen LogP contribution in [0.5, 0.6) is 0 Å². The molecule has 0 amide bonds. The number of hydrogen-bond acceptors (Lipinski definition) is 6. The van der Waals surface area contributed by atoms with Crippen LogP contribution in [0.25, 0.3) is 11.3 Å². The monoisotopic (exact) mass is 403 g/mol. The van der Waals surface area contributed by atoms with Gasteiger partial charge in [-0.1, -0.05) is 12.1 Å². The van der Waals surface area contributed by atoms with E-state index in [-0.39, 0.29) is 5.82 Å². The van der Waals surface area contributed by atoms with Crippen molar-refractivity contribution in [3.05, 3.63) is 71.1 Å². The van der Waals surface area contributed by atoms with Gasteiger partial charge in [0.05, 0.1) is 24.5 Å². The third-order valence-electron chi connectivity index (χ3n) is 4.09. The number of alkyl halides is 3. The third-order valence-corrected chi connectivity index (χ3v) is 4.09. The first-order chi connectivity index (χ1) is 13.8. The highest BCUT2D eigenvalue weighted by Gasteiger charge is 2.30. The number of rotatable bonds is 5. The Hall–Kier alpha value is -3.62. The largest absolute Gasteiger partial charge is 0.465 e. The Morgan fingerprint density at radius 1 is 1.21 bits per heavy atom. The summed E-state index contributed by atoms with van der Waals surface area (Å²) in [5.41, 5.74) is 3.57. The maximum absolute atomic E-state index is 12.5. The van der Waals surface area contributed by atoms with Crippen molar-refractivity contribution in [1.29, 1.82) is 0 Å². The summed E-state index contributed by atoms with van der Waals surface area (Å²) in [4.78, 5) is 15.5. The lowest BCUT2D eigenvalue weighted by atomic mass is 10.0. The second kappa shape index (κ2) is 8.17. The highest BCUT2D eigenvalue weighted by molar-refractivity contribution is 5.93. The van der Waals surface area contributed by atoms with Crippen LogP contribution in [0.15, 0.2) is 58.2 Å². The fourth-order valence-electron chi connectivity index (χ4n) is 2.59. The lowest BCUT2D eigenvalue weighted by Gasteiger charge is -2.07. The lowest BCUT2D eigenvalue weighted by molar-refractivity contribution is -0.137. The molecule has 0 aliphatic rings. The number of esters is 1. The molecule has 0 spiro atoms. The Labute approximate surface area is 164 Å². The average molecular weight is 403 g/mol. The molecule has 2 aromatic heterocycles. The number of anilines is 1. The molecule has 1 aromatic carbocycles. The minimum atomic E-state index is -4.44. The first kappa shape index (κ1) is 20.1. The van der Waals surface area contributed by atoms with Gasteiger partial charge < -0.3 is 9.15 Å². The SMILES string of the molecule is COC(=O)c1cccc(-c2ccc(/C=N\Nc3ccc(C(F)(F)F)cn3)o2)c1C. The standard InChI is InChI=1S/C20H16F3N3O3/c1-12-15(4-3-5-16(12)19(27)28-2)17-8-7-14(29-17)11-25-26-18-9-6-13(10-24-18)20(21,22)23/h3-11H,1-2H3,(H,24,26)/b25-11-. The van der Waals surface area contributed by atoms with E-state index in [0.717, 1.165) is 17.8 Å². The molecule has 29 heavy (non-hydrogen) atoms. The lowest BCUT2D eigenvalue weighted by Crippen LogP contribution is -2.05. The summed E-state index contributed by atoms with van der Waals surface area (Å²) in [5.74, 6) is 0.651. The Kier molecular flexibility index (Phi) is 5.67. The van der Waals surface area contributed by atoms with Crippen molar-refractivity contribution in [3.63, 3.8) is 0 Å². The molecule has 0 fully saturated rings. The van der Waals surface area contributed by atoms with Gasteiger partial charge in [-0.2, -0.15) is 18.3 Å². The molecule has 6 nitrogen and oxygen atoms in total. The highest BCUT2D eigenvalue weighted by Crippen LogP contribution is 2.29. The molecule has 150 valence electrons. The van der Waals surface area contributed by atoms with Crippen LogP contribution >= 0.6 is 0 Å². The Morgan fingerprint density at radius 2 is 2.00 bits per heavy atom. The average Bonchev–Trinajstić information content (AvgIpc) is 3.16. The second-order valence-electron chi connectivity index (χ2n) is 5.97. The van der Waals surface area contributed by atoms with E-state index in [9.17, 15) is 18.0 Å². The van der Waals surface area contributed by atoms with Crippen LogP contribution in [0.2, 0.25) is 0 Å².